The molecule has 22 heavy (non-hydrogen) atoms. The standard InChI is InChI=1S/C15H17N3O3S/c1-11-10-22(20,21)8-7-18(11)17-9-12-4-5-14(19)15-13(12)3-2-6-16-15/h2-6,9,11,19H,7-8,10H2,1H3/b17-9+. The van der Waals surface area contributed by atoms with E-state index in [0.29, 0.717) is 12.1 Å². The van der Waals surface area contributed by atoms with E-state index >= 15 is 0 Å². The summed E-state index contributed by atoms with van der Waals surface area (Å²) in [6, 6.07) is 6.88. The molecule has 0 bridgehead atoms. The molecule has 7 heteroatoms. The molecule has 1 fully saturated rings. The summed E-state index contributed by atoms with van der Waals surface area (Å²) in [4.78, 5) is 4.17. The maximum atomic E-state index is 11.6. The van der Waals surface area contributed by atoms with Crippen molar-refractivity contribution < 1.29 is 13.5 Å². The Morgan fingerprint density at radius 3 is 3.00 bits per heavy atom. The number of aromatic hydroxyl groups is 1. The van der Waals surface area contributed by atoms with Crippen LogP contribution in [-0.2, 0) is 9.84 Å². The Morgan fingerprint density at radius 2 is 2.23 bits per heavy atom. The van der Waals surface area contributed by atoms with Gasteiger partial charge in [0.1, 0.15) is 11.3 Å². The molecule has 1 aliphatic rings. The lowest BCUT2D eigenvalue weighted by atomic mass is 10.1. The van der Waals surface area contributed by atoms with Crippen LogP contribution in [0.4, 0.5) is 0 Å². The molecular formula is C15H17N3O3S. The van der Waals surface area contributed by atoms with Crippen molar-refractivity contribution >= 4 is 27.0 Å². The third-order valence-electron chi connectivity index (χ3n) is 3.76. The third kappa shape index (κ3) is 2.89. The first-order valence-electron chi connectivity index (χ1n) is 7.04. The van der Waals surface area contributed by atoms with Gasteiger partial charge >= 0.3 is 0 Å². The van der Waals surface area contributed by atoms with Crippen molar-refractivity contribution in [2.24, 2.45) is 5.10 Å². The molecule has 1 saturated heterocycles. The number of nitrogens with zero attached hydrogens (tertiary/aromatic N) is 3. The lowest BCUT2D eigenvalue weighted by Gasteiger charge is -2.30. The zero-order valence-corrected chi connectivity index (χ0v) is 13.0. The van der Waals surface area contributed by atoms with Crippen LogP contribution in [0.2, 0.25) is 0 Å². The van der Waals surface area contributed by atoms with Gasteiger partial charge in [-0.1, -0.05) is 6.07 Å². The quantitative estimate of drug-likeness (QED) is 0.846. The van der Waals surface area contributed by atoms with Gasteiger partial charge in [0.2, 0.25) is 0 Å². The van der Waals surface area contributed by atoms with Crippen LogP contribution < -0.4 is 0 Å². The van der Waals surface area contributed by atoms with Gasteiger partial charge in [-0.05, 0) is 25.1 Å². The number of sulfone groups is 1. The third-order valence-corrected chi connectivity index (χ3v) is 5.56. The van der Waals surface area contributed by atoms with Gasteiger partial charge in [0.05, 0.1) is 30.3 Å². The van der Waals surface area contributed by atoms with E-state index in [0.717, 1.165) is 10.9 Å². The van der Waals surface area contributed by atoms with Gasteiger partial charge < -0.3 is 5.11 Å². The minimum Gasteiger partial charge on any atom is -0.506 e. The number of fused-ring (bicyclic) bond motifs is 1. The SMILES string of the molecule is CC1CS(=O)(=O)CCN1/N=C/c1ccc(O)c2ncccc12. The summed E-state index contributed by atoms with van der Waals surface area (Å²) in [6.07, 6.45) is 3.32. The van der Waals surface area contributed by atoms with Crippen LogP contribution in [0.3, 0.4) is 0 Å². The van der Waals surface area contributed by atoms with Crippen molar-refractivity contribution in [3.8, 4) is 5.75 Å². The fourth-order valence-electron chi connectivity index (χ4n) is 2.59. The average Bonchev–Trinajstić information content (AvgIpc) is 2.48. The molecular weight excluding hydrogens is 302 g/mol. The lowest BCUT2D eigenvalue weighted by molar-refractivity contribution is 0.239. The van der Waals surface area contributed by atoms with Crippen LogP contribution in [0.25, 0.3) is 10.9 Å². The largest absolute Gasteiger partial charge is 0.506 e. The first kappa shape index (κ1) is 14.8. The van der Waals surface area contributed by atoms with Crippen LogP contribution >= 0.6 is 0 Å². The van der Waals surface area contributed by atoms with E-state index < -0.39 is 9.84 Å². The van der Waals surface area contributed by atoms with Gasteiger partial charge in [0.15, 0.2) is 9.84 Å². The molecule has 2 aromatic rings. The number of phenols is 1. The Bertz CT molecular complexity index is 833. The molecule has 1 aliphatic heterocycles. The van der Waals surface area contributed by atoms with Gasteiger partial charge in [-0.2, -0.15) is 5.10 Å². The second kappa shape index (κ2) is 5.57. The molecule has 0 aliphatic carbocycles. The molecule has 1 N–H and O–H groups in total. The topological polar surface area (TPSA) is 82.9 Å². The number of pyridine rings is 1. The summed E-state index contributed by atoms with van der Waals surface area (Å²) >= 11 is 0. The zero-order valence-electron chi connectivity index (χ0n) is 12.2. The van der Waals surface area contributed by atoms with Crippen molar-refractivity contribution in [2.75, 3.05) is 18.1 Å². The Labute approximate surface area is 129 Å². The molecule has 0 saturated carbocycles. The van der Waals surface area contributed by atoms with E-state index in [9.17, 15) is 13.5 Å². The number of hydrogen-bond acceptors (Lipinski definition) is 6. The van der Waals surface area contributed by atoms with Crippen molar-refractivity contribution in [3.63, 3.8) is 0 Å². The van der Waals surface area contributed by atoms with Crippen LogP contribution in [0.5, 0.6) is 5.75 Å². The van der Waals surface area contributed by atoms with Crippen molar-refractivity contribution in [2.45, 2.75) is 13.0 Å². The van der Waals surface area contributed by atoms with E-state index in [2.05, 4.69) is 10.1 Å². The first-order chi connectivity index (χ1) is 10.5. The zero-order chi connectivity index (χ0) is 15.7. The van der Waals surface area contributed by atoms with Gasteiger partial charge in [-0.15, -0.1) is 0 Å². The second-order valence-corrected chi connectivity index (χ2v) is 7.67. The maximum Gasteiger partial charge on any atom is 0.154 e. The molecule has 1 aromatic heterocycles. The summed E-state index contributed by atoms with van der Waals surface area (Å²) in [6.45, 7) is 2.25. The predicted octanol–water partition coefficient (Wildman–Crippen LogP) is 1.39. The molecule has 116 valence electrons. The molecule has 1 atom stereocenters. The molecule has 0 spiro atoms. The lowest BCUT2D eigenvalue weighted by Crippen LogP contribution is -2.43. The highest BCUT2D eigenvalue weighted by atomic mass is 32.2. The van der Waals surface area contributed by atoms with Gasteiger partial charge in [0.25, 0.3) is 0 Å². The van der Waals surface area contributed by atoms with Crippen molar-refractivity contribution in [1.82, 2.24) is 9.99 Å². The van der Waals surface area contributed by atoms with Crippen molar-refractivity contribution in [3.05, 3.63) is 36.0 Å². The summed E-state index contributed by atoms with van der Waals surface area (Å²) in [5.74, 6) is 0.389. The van der Waals surface area contributed by atoms with Crippen LogP contribution in [0.15, 0.2) is 35.6 Å². The molecule has 6 nitrogen and oxygen atoms in total. The van der Waals surface area contributed by atoms with E-state index in [1.54, 1.807) is 35.6 Å². The van der Waals surface area contributed by atoms with Crippen molar-refractivity contribution in [1.29, 1.82) is 0 Å². The van der Waals surface area contributed by atoms with Gasteiger partial charge in [-0.3, -0.25) is 9.99 Å². The number of hydrogen-bond donors (Lipinski definition) is 1. The van der Waals surface area contributed by atoms with E-state index in [4.69, 9.17) is 0 Å². The minimum atomic E-state index is -2.95. The second-order valence-electron chi connectivity index (χ2n) is 5.44. The number of aromatic nitrogens is 1. The highest BCUT2D eigenvalue weighted by Crippen LogP contribution is 2.24. The van der Waals surface area contributed by atoms with E-state index in [-0.39, 0.29) is 23.3 Å². The number of rotatable bonds is 2. The number of hydrazone groups is 1. The molecule has 1 aromatic carbocycles. The Balaban J connectivity index is 1.89. The first-order valence-corrected chi connectivity index (χ1v) is 8.86. The van der Waals surface area contributed by atoms with Crippen LogP contribution in [0.1, 0.15) is 12.5 Å². The van der Waals surface area contributed by atoms with E-state index in [1.807, 2.05) is 13.0 Å². The highest BCUT2D eigenvalue weighted by molar-refractivity contribution is 7.91. The Hall–Kier alpha value is -2.15. The molecule has 3 rings (SSSR count). The summed E-state index contributed by atoms with van der Waals surface area (Å²) in [5.41, 5.74) is 1.36. The van der Waals surface area contributed by atoms with Gasteiger partial charge in [-0.25, -0.2) is 8.42 Å². The minimum absolute atomic E-state index is 0.127. The van der Waals surface area contributed by atoms with E-state index in [1.165, 1.54) is 0 Å². The predicted molar refractivity (Wildman–Crippen MR) is 85.8 cm³/mol. The normalized spacial score (nSPS) is 21.5. The molecule has 2 heterocycles. The molecule has 0 amide bonds. The van der Waals surface area contributed by atoms with Crippen LogP contribution in [-0.4, -0.2) is 53.8 Å². The fourth-order valence-corrected chi connectivity index (χ4v) is 4.13. The summed E-state index contributed by atoms with van der Waals surface area (Å²) < 4.78 is 23.2. The van der Waals surface area contributed by atoms with Crippen LogP contribution in [0, 0.1) is 0 Å². The smallest absolute Gasteiger partial charge is 0.154 e. The Morgan fingerprint density at radius 1 is 1.41 bits per heavy atom. The monoisotopic (exact) mass is 319 g/mol. The Kier molecular flexibility index (Phi) is 3.74. The van der Waals surface area contributed by atoms with Gasteiger partial charge in [0, 0.05) is 17.1 Å². The number of phenolic OH excluding ortho intramolecular Hbond substituents is 1. The molecule has 1 unspecified atom stereocenters. The average molecular weight is 319 g/mol. The molecule has 0 radical (unpaired) electrons. The highest BCUT2D eigenvalue weighted by Gasteiger charge is 2.26. The summed E-state index contributed by atoms with van der Waals surface area (Å²) in [5, 5.41) is 16.8. The fraction of sp³-hybridized carbons (Fsp3) is 0.333. The maximum absolute atomic E-state index is 11.6. The summed E-state index contributed by atoms with van der Waals surface area (Å²) in [7, 11) is -2.95. The number of benzene rings is 1.